The summed E-state index contributed by atoms with van der Waals surface area (Å²) in [4.78, 5) is 24.7. The molecular weight excluding hydrogens is 1130 g/mol. The van der Waals surface area contributed by atoms with E-state index in [1.54, 1.807) is 6.08 Å². The van der Waals surface area contributed by atoms with E-state index in [4.69, 9.17) is 4.74 Å². The number of hydrogen-bond acceptors (Lipinski definition) is 5. The van der Waals surface area contributed by atoms with E-state index in [1.165, 1.54) is 398 Å². The number of hydrogen-bond donors (Lipinski definition) is 3. The molecule has 0 aromatic heterocycles. The van der Waals surface area contributed by atoms with Gasteiger partial charge < -0.3 is 20.3 Å². The molecule has 0 saturated heterocycles. The van der Waals surface area contributed by atoms with E-state index >= 15 is 0 Å². The lowest BCUT2D eigenvalue weighted by atomic mass is 10.0. The molecule has 0 aromatic rings. The Morgan fingerprint density at radius 3 is 0.837 bits per heavy atom. The average Bonchev–Trinajstić information content (AvgIpc) is 3.77. The van der Waals surface area contributed by atoms with E-state index in [9.17, 15) is 19.8 Å². The lowest BCUT2D eigenvalue weighted by Crippen LogP contribution is -2.45. The van der Waals surface area contributed by atoms with Gasteiger partial charge in [-0.25, -0.2) is 0 Å². The topological polar surface area (TPSA) is 95.9 Å². The number of rotatable bonds is 80. The Kier molecular flexibility index (Phi) is 79.8. The van der Waals surface area contributed by atoms with E-state index in [2.05, 4.69) is 43.5 Å². The summed E-state index contributed by atoms with van der Waals surface area (Å²) in [6, 6.07) is -0.625. The number of carbonyl (C=O) groups is 2. The minimum atomic E-state index is -0.842. The maximum atomic E-state index is 12.6. The molecule has 2 unspecified atom stereocenters. The molecule has 0 aliphatic rings. The molecule has 92 heavy (non-hydrogen) atoms. The second-order valence-corrected chi connectivity index (χ2v) is 29.2. The van der Waals surface area contributed by atoms with Crippen molar-refractivity contribution in [3.63, 3.8) is 0 Å². The van der Waals surface area contributed by atoms with E-state index in [-0.39, 0.29) is 18.5 Å². The fraction of sp³-hybridized carbons (Fsp3) is 0.907. The number of carbonyl (C=O) groups excluding carboxylic acids is 2. The van der Waals surface area contributed by atoms with E-state index in [1.807, 2.05) is 6.08 Å². The van der Waals surface area contributed by atoms with Crippen LogP contribution in [0.5, 0.6) is 0 Å². The van der Waals surface area contributed by atoms with Crippen molar-refractivity contribution in [3.8, 4) is 0 Å². The first-order valence-electron chi connectivity index (χ1n) is 42.3. The highest BCUT2D eigenvalue weighted by atomic mass is 16.5. The average molecular weight is 1290 g/mol. The van der Waals surface area contributed by atoms with Gasteiger partial charge in [0.25, 0.3) is 0 Å². The highest BCUT2D eigenvalue weighted by Crippen LogP contribution is 2.20. The molecule has 1 amide bonds. The van der Waals surface area contributed by atoms with Crippen LogP contribution < -0.4 is 5.32 Å². The molecular formula is C86H165NO5. The van der Waals surface area contributed by atoms with Crippen LogP contribution in [-0.4, -0.2) is 47.4 Å². The molecule has 0 bridgehead atoms. The Morgan fingerprint density at radius 1 is 0.304 bits per heavy atom. The second kappa shape index (κ2) is 81.5. The molecule has 0 spiro atoms. The van der Waals surface area contributed by atoms with Crippen LogP contribution >= 0.6 is 0 Å². The molecule has 0 rings (SSSR count). The van der Waals surface area contributed by atoms with Gasteiger partial charge in [0, 0.05) is 12.8 Å². The van der Waals surface area contributed by atoms with Crippen LogP contribution in [0, 0.1) is 0 Å². The van der Waals surface area contributed by atoms with Crippen LogP contribution in [-0.2, 0) is 14.3 Å². The van der Waals surface area contributed by atoms with Crippen LogP contribution in [0.25, 0.3) is 0 Å². The Balaban J connectivity index is 3.33. The standard InChI is InChI=1S/C86H165NO5/c1-3-5-7-9-11-13-15-17-19-21-23-24-40-43-46-50-54-58-62-66-70-74-78-84(89)83(82-88)87-85(90)79-75-71-67-63-59-55-51-47-44-41-38-36-34-32-30-28-26-25-27-29-31-33-35-37-39-42-45-49-53-57-61-65-69-73-77-81-92-86(91)80-76-72-68-64-60-56-52-48-22-20-18-16-14-12-10-8-6-4-2/h14,16,20,22,74,78,83-84,88-89H,3-13,15,17-19,21,23-73,75-77,79-82H2,1-2H3,(H,87,90)/b16-14-,22-20-,78-74+. The van der Waals surface area contributed by atoms with Crippen LogP contribution in [0.4, 0.5) is 0 Å². The summed E-state index contributed by atoms with van der Waals surface area (Å²) in [6.07, 6.45) is 107. The fourth-order valence-corrected chi connectivity index (χ4v) is 13.5. The number of aliphatic hydroxyl groups is 2. The first-order valence-corrected chi connectivity index (χ1v) is 42.3. The third kappa shape index (κ3) is 77.1. The molecule has 6 heteroatoms. The molecule has 3 N–H and O–H groups in total. The Labute approximate surface area is 576 Å². The summed E-state index contributed by atoms with van der Waals surface area (Å²) < 4.78 is 5.51. The quantitative estimate of drug-likeness (QED) is 0.0320. The zero-order valence-corrected chi connectivity index (χ0v) is 62.6. The Morgan fingerprint density at radius 2 is 0.543 bits per heavy atom. The van der Waals surface area contributed by atoms with Gasteiger partial charge in [0.15, 0.2) is 0 Å². The van der Waals surface area contributed by atoms with Crippen molar-refractivity contribution in [2.75, 3.05) is 13.2 Å². The molecule has 0 aliphatic heterocycles. The third-order valence-corrected chi connectivity index (χ3v) is 19.9. The first-order chi connectivity index (χ1) is 45.5. The van der Waals surface area contributed by atoms with Crippen molar-refractivity contribution in [1.29, 1.82) is 0 Å². The van der Waals surface area contributed by atoms with Crippen LogP contribution in [0.1, 0.15) is 476 Å². The van der Waals surface area contributed by atoms with Crippen molar-refractivity contribution in [1.82, 2.24) is 5.32 Å². The smallest absolute Gasteiger partial charge is 0.305 e. The number of amides is 1. The van der Waals surface area contributed by atoms with Gasteiger partial charge in [-0.1, -0.05) is 436 Å². The minimum absolute atomic E-state index is 0.0159. The number of nitrogens with one attached hydrogen (secondary N) is 1. The van der Waals surface area contributed by atoms with Gasteiger partial charge in [-0.3, -0.25) is 9.59 Å². The van der Waals surface area contributed by atoms with Gasteiger partial charge in [-0.15, -0.1) is 0 Å². The highest BCUT2D eigenvalue weighted by molar-refractivity contribution is 5.76. The van der Waals surface area contributed by atoms with Crippen LogP contribution in [0.3, 0.4) is 0 Å². The molecule has 0 heterocycles. The van der Waals surface area contributed by atoms with Gasteiger partial charge in [0.2, 0.25) is 5.91 Å². The van der Waals surface area contributed by atoms with Crippen LogP contribution in [0.15, 0.2) is 36.5 Å². The minimum Gasteiger partial charge on any atom is -0.466 e. The predicted octanol–water partition coefficient (Wildman–Crippen LogP) is 28.2. The Bertz CT molecular complexity index is 1490. The second-order valence-electron chi connectivity index (χ2n) is 29.2. The molecule has 0 aliphatic carbocycles. The normalized spacial score (nSPS) is 12.6. The fourth-order valence-electron chi connectivity index (χ4n) is 13.5. The molecule has 2 atom stereocenters. The molecule has 6 nitrogen and oxygen atoms in total. The number of esters is 1. The molecule has 0 aromatic carbocycles. The van der Waals surface area contributed by atoms with Gasteiger partial charge in [0.1, 0.15) is 0 Å². The summed E-state index contributed by atoms with van der Waals surface area (Å²) in [5.41, 5.74) is 0. The maximum Gasteiger partial charge on any atom is 0.305 e. The zero-order valence-electron chi connectivity index (χ0n) is 62.6. The number of allylic oxidation sites excluding steroid dienone is 5. The zero-order chi connectivity index (χ0) is 66.3. The molecule has 0 saturated carbocycles. The largest absolute Gasteiger partial charge is 0.466 e. The monoisotopic (exact) mass is 1290 g/mol. The predicted molar refractivity (Wildman–Crippen MR) is 407 cm³/mol. The molecule has 0 fully saturated rings. The maximum absolute atomic E-state index is 12.6. The lowest BCUT2D eigenvalue weighted by Gasteiger charge is -2.20. The summed E-state index contributed by atoms with van der Waals surface area (Å²) in [6.45, 7) is 4.94. The van der Waals surface area contributed by atoms with E-state index in [0.29, 0.717) is 19.4 Å². The summed E-state index contributed by atoms with van der Waals surface area (Å²) >= 11 is 0. The van der Waals surface area contributed by atoms with E-state index in [0.717, 1.165) is 51.4 Å². The van der Waals surface area contributed by atoms with Crippen molar-refractivity contribution in [2.45, 2.75) is 488 Å². The molecule has 0 radical (unpaired) electrons. The van der Waals surface area contributed by atoms with Crippen LogP contribution in [0.2, 0.25) is 0 Å². The molecule has 544 valence electrons. The third-order valence-electron chi connectivity index (χ3n) is 19.9. The van der Waals surface area contributed by atoms with E-state index < -0.39 is 12.1 Å². The number of aliphatic hydroxyl groups excluding tert-OH is 2. The van der Waals surface area contributed by atoms with Crippen molar-refractivity contribution >= 4 is 11.9 Å². The lowest BCUT2D eigenvalue weighted by molar-refractivity contribution is -0.143. The van der Waals surface area contributed by atoms with Gasteiger partial charge in [-0.2, -0.15) is 0 Å². The van der Waals surface area contributed by atoms with Crippen molar-refractivity contribution in [2.24, 2.45) is 0 Å². The van der Waals surface area contributed by atoms with Gasteiger partial charge in [0.05, 0.1) is 25.4 Å². The number of unbranched alkanes of at least 4 members (excludes halogenated alkanes) is 65. The van der Waals surface area contributed by atoms with Crippen molar-refractivity contribution < 1.29 is 24.5 Å². The first kappa shape index (κ1) is 90.1. The van der Waals surface area contributed by atoms with Gasteiger partial charge in [-0.05, 0) is 64.2 Å². The van der Waals surface area contributed by atoms with Crippen molar-refractivity contribution in [3.05, 3.63) is 36.5 Å². The summed E-state index contributed by atoms with van der Waals surface area (Å²) in [5.74, 6) is -0.0417. The summed E-state index contributed by atoms with van der Waals surface area (Å²) in [5, 5.41) is 23.3. The SMILES string of the molecule is CCCCCC/C=C\C/C=C\CCCCCCCCCC(=O)OCCCCCCCCCCCCCCCCCCCCCCCCCCCCCCCCCCCCCC(=O)NC(CO)C(O)/C=C/CCCCCCCCCCCCCCCCCCCCCC. The highest BCUT2D eigenvalue weighted by Gasteiger charge is 2.18. The van der Waals surface area contributed by atoms with Gasteiger partial charge >= 0.3 is 5.97 Å². The Hall–Kier alpha value is -1.92. The number of ether oxygens (including phenoxy) is 1. The summed E-state index contributed by atoms with van der Waals surface area (Å²) in [7, 11) is 0.